The maximum atomic E-state index is 12.4. The molecule has 2 amide bonds. The molecular weight excluding hydrogens is 364 g/mol. The van der Waals surface area contributed by atoms with Gasteiger partial charge in [0.1, 0.15) is 0 Å². The molecule has 2 aliphatic rings. The minimum absolute atomic E-state index is 0.0377. The van der Waals surface area contributed by atoms with Gasteiger partial charge < -0.3 is 25.2 Å². The highest BCUT2D eigenvalue weighted by Crippen LogP contribution is 2.44. The molecule has 0 spiro atoms. The Balaban J connectivity index is 1.41. The van der Waals surface area contributed by atoms with Gasteiger partial charge in [0.25, 0.3) is 0 Å². The fraction of sp³-hybridized carbons (Fsp3) is 0.450. The van der Waals surface area contributed by atoms with Gasteiger partial charge in [-0.25, -0.2) is 4.79 Å². The first-order chi connectivity index (χ1) is 13.1. The first kappa shape index (κ1) is 18.1. The summed E-state index contributed by atoms with van der Waals surface area (Å²) in [5, 5.41) is 15.7. The number of anilines is 1. The third-order valence-corrected chi connectivity index (χ3v) is 6.84. The van der Waals surface area contributed by atoms with Crippen LogP contribution in [-0.4, -0.2) is 24.5 Å². The second-order valence-corrected chi connectivity index (χ2v) is 8.36. The quantitative estimate of drug-likeness (QED) is 0.718. The molecule has 0 saturated heterocycles. The van der Waals surface area contributed by atoms with E-state index in [0.29, 0.717) is 23.7 Å². The summed E-state index contributed by atoms with van der Waals surface area (Å²) in [5.74, 6) is 1.33. The average Bonchev–Trinajstić information content (AvgIpc) is 3.39. The zero-order chi connectivity index (χ0) is 18.9. The lowest BCUT2D eigenvalue weighted by Gasteiger charge is -2.28. The highest BCUT2D eigenvalue weighted by Gasteiger charge is 2.37. The first-order valence-corrected chi connectivity index (χ1v) is 10.1. The van der Waals surface area contributed by atoms with Crippen molar-refractivity contribution >= 4 is 23.1 Å². The number of amides is 2. The van der Waals surface area contributed by atoms with Gasteiger partial charge in [0.15, 0.2) is 11.5 Å². The molecule has 27 heavy (non-hydrogen) atoms. The maximum Gasteiger partial charge on any atom is 0.319 e. The second-order valence-electron chi connectivity index (χ2n) is 7.24. The number of nitrogens with one attached hydrogen (secondary N) is 2. The topological polar surface area (TPSA) is 79.8 Å². The fourth-order valence-electron chi connectivity index (χ4n) is 3.82. The summed E-state index contributed by atoms with van der Waals surface area (Å²) >= 11 is 1.65. The number of hydrogen-bond donors (Lipinski definition) is 3. The lowest BCUT2D eigenvalue weighted by atomic mass is 9.84. The lowest BCUT2D eigenvalue weighted by Crippen LogP contribution is -2.40. The molecule has 1 atom stereocenters. The van der Waals surface area contributed by atoms with E-state index in [4.69, 9.17) is 9.47 Å². The van der Waals surface area contributed by atoms with E-state index in [2.05, 4.69) is 16.7 Å². The molecule has 2 aromatic rings. The summed E-state index contributed by atoms with van der Waals surface area (Å²) in [6, 6.07) is 9.23. The van der Waals surface area contributed by atoms with Crippen LogP contribution in [0.1, 0.15) is 48.5 Å². The van der Waals surface area contributed by atoms with Crippen LogP contribution in [0, 0.1) is 0 Å². The minimum atomic E-state index is -0.454. The van der Waals surface area contributed by atoms with Crippen LogP contribution in [0.2, 0.25) is 0 Å². The van der Waals surface area contributed by atoms with Gasteiger partial charge in [-0.3, -0.25) is 0 Å². The largest absolute Gasteiger partial charge is 0.454 e. The van der Waals surface area contributed by atoms with Crippen molar-refractivity contribution in [3.05, 3.63) is 40.1 Å². The summed E-state index contributed by atoms with van der Waals surface area (Å²) < 4.78 is 10.6. The highest BCUT2D eigenvalue weighted by molar-refractivity contribution is 7.12. The van der Waals surface area contributed by atoms with Gasteiger partial charge in [-0.15, -0.1) is 11.3 Å². The number of carbonyl (C=O) groups excluding carboxylic acids is 1. The van der Waals surface area contributed by atoms with Crippen molar-refractivity contribution in [1.82, 2.24) is 5.32 Å². The van der Waals surface area contributed by atoms with Crippen molar-refractivity contribution in [3.63, 3.8) is 0 Å². The predicted octanol–water partition coefficient (Wildman–Crippen LogP) is 4.16. The number of rotatable bonds is 5. The molecule has 1 aromatic carbocycles. The van der Waals surface area contributed by atoms with E-state index in [9.17, 15) is 9.90 Å². The van der Waals surface area contributed by atoms with Gasteiger partial charge in [0.05, 0.1) is 6.10 Å². The third kappa shape index (κ3) is 3.75. The van der Waals surface area contributed by atoms with E-state index >= 15 is 0 Å². The molecule has 1 saturated carbocycles. The second kappa shape index (κ2) is 7.40. The summed E-state index contributed by atoms with van der Waals surface area (Å²) in [6.07, 6.45) is 3.97. The van der Waals surface area contributed by atoms with Crippen LogP contribution in [0.5, 0.6) is 11.5 Å². The molecular formula is C20H24N2O4S. The van der Waals surface area contributed by atoms with Crippen LogP contribution in [0.15, 0.2) is 30.3 Å². The van der Waals surface area contributed by atoms with Crippen molar-refractivity contribution in [2.75, 3.05) is 18.7 Å². The van der Waals surface area contributed by atoms with E-state index in [0.717, 1.165) is 30.6 Å². The molecule has 3 N–H and O–H groups in total. The van der Waals surface area contributed by atoms with Crippen LogP contribution in [0.4, 0.5) is 10.5 Å². The third-order valence-electron chi connectivity index (χ3n) is 5.34. The smallest absolute Gasteiger partial charge is 0.319 e. The minimum Gasteiger partial charge on any atom is -0.454 e. The van der Waals surface area contributed by atoms with Crippen molar-refractivity contribution < 1.29 is 19.4 Å². The standard InChI is InChI=1S/C20H24N2O4S/c1-13(23)17-6-7-18(27-17)20(8-2-3-9-20)11-21-19(24)22-14-4-5-15-16(10-14)26-12-25-15/h4-7,10,13,23H,2-3,8-9,11-12H2,1H3,(H2,21,22,24). The highest BCUT2D eigenvalue weighted by atomic mass is 32.1. The van der Waals surface area contributed by atoms with Gasteiger partial charge in [0.2, 0.25) is 6.79 Å². The molecule has 1 fully saturated rings. The number of benzene rings is 1. The number of aliphatic hydroxyl groups excluding tert-OH is 1. The van der Waals surface area contributed by atoms with Gasteiger partial charge in [-0.2, -0.15) is 0 Å². The predicted molar refractivity (Wildman–Crippen MR) is 105 cm³/mol. The van der Waals surface area contributed by atoms with Gasteiger partial charge in [0, 0.05) is 33.5 Å². The Morgan fingerprint density at radius 1 is 1.22 bits per heavy atom. The number of thiophene rings is 1. The first-order valence-electron chi connectivity index (χ1n) is 9.29. The number of aliphatic hydroxyl groups is 1. The van der Waals surface area contributed by atoms with Gasteiger partial charge in [-0.1, -0.05) is 12.8 Å². The Kier molecular flexibility index (Phi) is 4.97. The van der Waals surface area contributed by atoms with Crippen LogP contribution in [0.25, 0.3) is 0 Å². The van der Waals surface area contributed by atoms with E-state index in [1.165, 1.54) is 4.88 Å². The normalized spacial score (nSPS) is 18.3. The lowest BCUT2D eigenvalue weighted by molar-refractivity contribution is 0.174. The van der Waals surface area contributed by atoms with E-state index in [-0.39, 0.29) is 18.2 Å². The molecule has 6 nitrogen and oxygen atoms in total. The summed E-state index contributed by atoms with van der Waals surface area (Å²) in [7, 11) is 0. The SMILES string of the molecule is CC(O)c1ccc(C2(CNC(=O)Nc3ccc4c(c3)OCO4)CCCC2)s1. The summed E-state index contributed by atoms with van der Waals surface area (Å²) in [4.78, 5) is 14.6. The number of ether oxygens (including phenoxy) is 2. The number of carbonyl (C=O) groups is 1. The molecule has 144 valence electrons. The van der Waals surface area contributed by atoms with Crippen molar-refractivity contribution in [2.45, 2.75) is 44.1 Å². The average molecular weight is 388 g/mol. The zero-order valence-corrected chi connectivity index (χ0v) is 16.1. The van der Waals surface area contributed by atoms with Crippen LogP contribution < -0.4 is 20.1 Å². The molecule has 1 aliphatic carbocycles. The van der Waals surface area contributed by atoms with Crippen molar-refractivity contribution in [1.29, 1.82) is 0 Å². The zero-order valence-electron chi connectivity index (χ0n) is 15.3. The number of fused-ring (bicyclic) bond motifs is 1. The van der Waals surface area contributed by atoms with E-state index < -0.39 is 6.10 Å². The Bertz CT molecular complexity index is 827. The molecule has 0 bridgehead atoms. The van der Waals surface area contributed by atoms with Crippen LogP contribution in [0.3, 0.4) is 0 Å². The molecule has 1 aromatic heterocycles. The summed E-state index contributed by atoms with van der Waals surface area (Å²) in [5.41, 5.74) is 0.633. The van der Waals surface area contributed by atoms with Crippen LogP contribution in [-0.2, 0) is 5.41 Å². The van der Waals surface area contributed by atoms with Gasteiger partial charge >= 0.3 is 6.03 Å². The fourth-order valence-corrected chi connectivity index (χ4v) is 5.01. The van der Waals surface area contributed by atoms with Gasteiger partial charge in [-0.05, 0) is 44.0 Å². The Labute approximate surface area is 162 Å². The monoisotopic (exact) mass is 388 g/mol. The molecule has 0 radical (unpaired) electrons. The van der Waals surface area contributed by atoms with E-state index in [1.807, 2.05) is 6.07 Å². The van der Waals surface area contributed by atoms with Crippen molar-refractivity contribution in [3.8, 4) is 11.5 Å². The van der Waals surface area contributed by atoms with E-state index in [1.54, 1.807) is 36.5 Å². The molecule has 1 aliphatic heterocycles. The Morgan fingerprint density at radius 2 is 2.00 bits per heavy atom. The number of hydrogen-bond acceptors (Lipinski definition) is 5. The molecule has 2 heterocycles. The molecule has 7 heteroatoms. The summed E-state index contributed by atoms with van der Waals surface area (Å²) in [6.45, 7) is 2.58. The van der Waals surface area contributed by atoms with Crippen molar-refractivity contribution in [2.24, 2.45) is 0 Å². The number of urea groups is 1. The maximum absolute atomic E-state index is 12.4. The molecule has 4 rings (SSSR count). The Hall–Kier alpha value is -2.25. The Morgan fingerprint density at radius 3 is 2.74 bits per heavy atom. The van der Waals surface area contributed by atoms with Crippen LogP contribution >= 0.6 is 11.3 Å². The molecule has 1 unspecified atom stereocenters.